The number of aliphatic hydroxyl groups is 1. The Kier molecular flexibility index (Phi) is 2.59. The summed E-state index contributed by atoms with van der Waals surface area (Å²) in [6, 6.07) is 0. The van der Waals surface area contributed by atoms with Gasteiger partial charge in [-0.05, 0) is 30.6 Å². The van der Waals surface area contributed by atoms with E-state index in [-0.39, 0.29) is 11.8 Å². The Morgan fingerprint density at radius 3 is 2.26 bits per heavy atom. The second-order valence-corrected chi connectivity index (χ2v) is 5.63. The molecule has 1 saturated carbocycles. The number of hydrogen-bond acceptors (Lipinski definition) is 2. The Morgan fingerprint density at radius 2 is 1.84 bits per heavy atom. The summed E-state index contributed by atoms with van der Waals surface area (Å²) in [5.41, 5.74) is 0. The predicted molar refractivity (Wildman–Crippen MR) is 54.2 cm³/mol. The Hall–Kier alpha value is -0.690. The maximum absolute atomic E-state index is 14.0. The fourth-order valence-corrected chi connectivity index (χ4v) is 3.61. The van der Waals surface area contributed by atoms with Crippen LogP contribution in [-0.4, -0.2) is 29.6 Å². The Morgan fingerprint density at radius 1 is 1.16 bits per heavy atom. The molecule has 2 aliphatic carbocycles. The van der Waals surface area contributed by atoms with Crippen LogP contribution in [-0.2, 0) is 4.74 Å². The summed E-state index contributed by atoms with van der Waals surface area (Å²) in [6.45, 7) is -0.759. The molecule has 5 atom stereocenters. The van der Waals surface area contributed by atoms with Crippen LogP contribution < -0.4 is 0 Å². The molecule has 2 fully saturated rings. The van der Waals surface area contributed by atoms with E-state index >= 15 is 0 Å². The third-order valence-corrected chi connectivity index (χ3v) is 4.62. The van der Waals surface area contributed by atoms with Crippen molar-refractivity contribution in [3.05, 3.63) is 12.2 Å². The zero-order chi connectivity index (χ0) is 14.1. The van der Waals surface area contributed by atoms with Gasteiger partial charge in [0, 0.05) is 0 Å². The Bertz CT molecular complexity index is 419. The maximum Gasteiger partial charge on any atom is 0.449 e. The SMILES string of the molecule is OC1(C(F)(F)F)OCC(C2CC3C=CC2C3)C1(F)F. The highest BCUT2D eigenvalue weighted by Crippen LogP contribution is 2.58. The smallest absolute Gasteiger partial charge is 0.354 e. The summed E-state index contributed by atoms with van der Waals surface area (Å²) in [5.74, 6) is -10.8. The largest absolute Gasteiger partial charge is 0.449 e. The minimum Gasteiger partial charge on any atom is -0.354 e. The lowest BCUT2D eigenvalue weighted by Crippen LogP contribution is -2.59. The van der Waals surface area contributed by atoms with Crippen LogP contribution >= 0.6 is 0 Å². The van der Waals surface area contributed by atoms with Crippen molar-refractivity contribution < 1.29 is 31.8 Å². The second-order valence-electron chi connectivity index (χ2n) is 5.63. The Balaban J connectivity index is 1.88. The molecule has 2 nitrogen and oxygen atoms in total. The van der Waals surface area contributed by atoms with E-state index in [9.17, 15) is 27.1 Å². The van der Waals surface area contributed by atoms with Gasteiger partial charge in [0.1, 0.15) is 0 Å². The molecule has 0 aromatic heterocycles. The van der Waals surface area contributed by atoms with Crippen molar-refractivity contribution in [3.8, 4) is 0 Å². The minimum absolute atomic E-state index is 0.125. The van der Waals surface area contributed by atoms with Crippen molar-refractivity contribution in [2.24, 2.45) is 23.7 Å². The van der Waals surface area contributed by atoms with E-state index in [1.54, 1.807) is 6.08 Å². The minimum atomic E-state index is -5.50. The highest BCUT2D eigenvalue weighted by molar-refractivity contribution is 5.14. The molecule has 1 aliphatic heterocycles. The van der Waals surface area contributed by atoms with Crippen LogP contribution in [0.2, 0.25) is 0 Å². The Labute approximate surface area is 106 Å². The molecule has 0 radical (unpaired) electrons. The van der Waals surface area contributed by atoms with Crippen molar-refractivity contribution in [3.63, 3.8) is 0 Å². The first-order valence-corrected chi connectivity index (χ1v) is 6.16. The molecular weight excluding hydrogens is 271 g/mol. The number of halogens is 5. The van der Waals surface area contributed by atoms with E-state index in [1.807, 2.05) is 6.08 Å². The van der Waals surface area contributed by atoms with Crippen LogP contribution in [0.15, 0.2) is 12.2 Å². The second kappa shape index (κ2) is 3.69. The van der Waals surface area contributed by atoms with E-state index in [4.69, 9.17) is 0 Å². The van der Waals surface area contributed by atoms with Gasteiger partial charge in [-0.1, -0.05) is 12.2 Å². The third-order valence-electron chi connectivity index (χ3n) is 4.62. The van der Waals surface area contributed by atoms with E-state index in [0.717, 1.165) is 0 Å². The van der Waals surface area contributed by atoms with Crippen LogP contribution in [0.5, 0.6) is 0 Å². The molecule has 1 heterocycles. The zero-order valence-electron chi connectivity index (χ0n) is 9.83. The molecule has 7 heteroatoms. The lowest BCUT2D eigenvalue weighted by molar-refractivity contribution is -0.405. The van der Waals surface area contributed by atoms with Crippen LogP contribution in [0, 0.1) is 23.7 Å². The molecular formula is C12H13F5O2. The molecule has 3 rings (SSSR count). The monoisotopic (exact) mass is 284 g/mol. The normalized spacial score (nSPS) is 48.1. The van der Waals surface area contributed by atoms with Crippen molar-refractivity contribution in [1.82, 2.24) is 0 Å². The number of ether oxygens (including phenoxy) is 1. The van der Waals surface area contributed by atoms with Crippen LogP contribution in [0.1, 0.15) is 12.8 Å². The van der Waals surface area contributed by atoms with Gasteiger partial charge in [-0.3, -0.25) is 0 Å². The van der Waals surface area contributed by atoms with Gasteiger partial charge in [0.2, 0.25) is 0 Å². The molecule has 2 bridgehead atoms. The van der Waals surface area contributed by atoms with Gasteiger partial charge in [-0.15, -0.1) is 0 Å². The van der Waals surface area contributed by atoms with E-state index in [0.29, 0.717) is 12.8 Å². The number of alkyl halides is 5. The first-order chi connectivity index (χ1) is 8.67. The molecule has 108 valence electrons. The van der Waals surface area contributed by atoms with Crippen molar-refractivity contribution in [2.45, 2.75) is 30.7 Å². The molecule has 0 amide bonds. The van der Waals surface area contributed by atoms with Gasteiger partial charge in [-0.25, -0.2) is 0 Å². The van der Waals surface area contributed by atoms with Crippen molar-refractivity contribution in [1.29, 1.82) is 0 Å². The standard InChI is InChI=1S/C12H13F5O2/c13-10(14)9(5-19-11(10,18)12(15,16)17)8-4-6-1-2-7(8)3-6/h1-2,6-9,18H,3-5H2. The molecule has 3 aliphatic rings. The first kappa shape index (κ1) is 13.3. The quantitative estimate of drug-likeness (QED) is 0.592. The topological polar surface area (TPSA) is 29.5 Å². The third kappa shape index (κ3) is 1.60. The summed E-state index contributed by atoms with van der Waals surface area (Å²) >= 11 is 0. The van der Waals surface area contributed by atoms with Crippen LogP contribution in [0.25, 0.3) is 0 Å². The number of allylic oxidation sites excluding steroid dienone is 2. The van der Waals surface area contributed by atoms with Crippen molar-refractivity contribution in [2.75, 3.05) is 6.61 Å². The summed E-state index contributed by atoms with van der Waals surface area (Å²) in [5, 5.41) is 9.24. The van der Waals surface area contributed by atoms with Gasteiger partial charge < -0.3 is 9.84 Å². The van der Waals surface area contributed by atoms with E-state index in [1.165, 1.54) is 0 Å². The highest BCUT2D eigenvalue weighted by atomic mass is 19.4. The van der Waals surface area contributed by atoms with Crippen LogP contribution in [0.4, 0.5) is 22.0 Å². The molecule has 0 aromatic rings. The van der Waals surface area contributed by atoms with E-state index < -0.39 is 36.3 Å². The fourth-order valence-electron chi connectivity index (χ4n) is 3.61. The summed E-state index contributed by atoms with van der Waals surface area (Å²) in [4.78, 5) is 0. The van der Waals surface area contributed by atoms with Gasteiger partial charge in [0.15, 0.2) is 0 Å². The summed E-state index contributed by atoms with van der Waals surface area (Å²) in [7, 11) is 0. The first-order valence-electron chi connectivity index (χ1n) is 6.16. The number of rotatable bonds is 1. The number of fused-ring (bicyclic) bond motifs is 2. The van der Waals surface area contributed by atoms with E-state index in [2.05, 4.69) is 4.74 Å². The number of hydrogen-bond donors (Lipinski definition) is 1. The lowest BCUT2D eigenvalue weighted by atomic mass is 9.78. The maximum atomic E-state index is 14.0. The molecule has 1 N–H and O–H groups in total. The molecule has 1 saturated heterocycles. The lowest BCUT2D eigenvalue weighted by Gasteiger charge is -2.34. The predicted octanol–water partition coefficient (Wildman–Crippen LogP) is 2.73. The summed E-state index contributed by atoms with van der Waals surface area (Å²) in [6.07, 6.45) is -0.635. The summed E-state index contributed by atoms with van der Waals surface area (Å²) < 4.78 is 70.0. The average molecular weight is 284 g/mol. The van der Waals surface area contributed by atoms with Gasteiger partial charge in [0.25, 0.3) is 0 Å². The van der Waals surface area contributed by atoms with Gasteiger partial charge >= 0.3 is 17.9 Å². The van der Waals surface area contributed by atoms with Crippen LogP contribution in [0.3, 0.4) is 0 Å². The van der Waals surface area contributed by atoms with Gasteiger partial charge in [-0.2, -0.15) is 22.0 Å². The van der Waals surface area contributed by atoms with Crippen molar-refractivity contribution >= 4 is 0 Å². The average Bonchev–Trinajstić information content (AvgIpc) is 2.93. The van der Waals surface area contributed by atoms with Gasteiger partial charge in [0.05, 0.1) is 12.5 Å². The fraction of sp³-hybridized carbons (Fsp3) is 0.833. The molecule has 0 spiro atoms. The molecule has 19 heavy (non-hydrogen) atoms. The highest BCUT2D eigenvalue weighted by Gasteiger charge is 2.78. The zero-order valence-corrected chi connectivity index (χ0v) is 9.83. The molecule has 5 unspecified atom stereocenters. The molecule has 0 aromatic carbocycles.